The normalized spacial score (nSPS) is 25.1. The number of aliphatic hydroxyl groups excluding tert-OH is 1. The summed E-state index contributed by atoms with van der Waals surface area (Å²) in [6.45, 7) is 6.18. The van der Waals surface area contributed by atoms with Crippen molar-refractivity contribution in [3.05, 3.63) is 28.2 Å². The lowest BCUT2D eigenvalue weighted by Gasteiger charge is -2.25. The predicted molar refractivity (Wildman–Crippen MR) is 83.6 cm³/mol. The number of hydrogen-bond acceptors (Lipinski definition) is 3. The summed E-state index contributed by atoms with van der Waals surface area (Å²) in [7, 11) is 4.28. The molecule has 3 unspecified atom stereocenters. The monoisotopic (exact) mass is 326 g/mol. The zero-order valence-corrected chi connectivity index (χ0v) is 13.7. The largest absolute Gasteiger partial charge is 0.389 e. The van der Waals surface area contributed by atoms with E-state index in [2.05, 4.69) is 52.8 Å². The molecule has 0 aliphatic carbocycles. The molecule has 19 heavy (non-hydrogen) atoms. The summed E-state index contributed by atoms with van der Waals surface area (Å²) in [5, 5.41) is 9.94. The number of anilines is 1. The predicted octanol–water partition coefficient (Wildman–Crippen LogP) is 2.89. The number of benzene rings is 1. The molecule has 0 amide bonds. The van der Waals surface area contributed by atoms with Crippen molar-refractivity contribution in [3.63, 3.8) is 0 Å². The van der Waals surface area contributed by atoms with E-state index in [0.29, 0.717) is 12.0 Å². The van der Waals surface area contributed by atoms with Gasteiger partial charge < -0.3 is 14.9 Å². The van der Waals surface area contributed by atoms with Gasteiger partial charge in [-0.25, -0.2) is 0 Å². The van der Waals surface area contributed by atoms with Crippen molar-refractivity contribution in [1.29, 1.82) is 0 Å². The molecule has 1 fully saturated rings. The van der Waals surface area contributed by atoms with E-state index in [1.807, 2.05) is 19.1 Å². The number of likely N-dealkylation sites (N-methyl/N-ethyl adjacent to an activating group) is 1. The smallest absolute Gasteiger partial charge is 0.0782 e. The van der Waals surface area contributed by atoms with Crippen LogP contribution in [0.2, 0.25) is 0 Å². The third-order valence-electron chi connectivity index (χ3n) is 4.02. The molecule has 1 heterocycles. The van der Waals surface area contributed by atoms with Crippen LogP contribution < -0.4 is 4.90 Å². The fourth-order valence-corrected chi connectivity index (χ4v) is 3.31. The molecule has 1 aromatic carbocycles. The Bertz CT molecular complexity index is 448. The highest BCUT2D eigenvalue weighted by Crippen LogP contribution is 2.33. The van der Waals surface area contributed by atoms with E-state index in [1.165, 1.54) is 0 Å². The molecule has 106 valence electrons. The van der Waals surface area contributed by atoms with Gasteiger partial charge in [0.2, 0.25) is 0 Å². The minimum atomic E-state index is -0.434. The van der Waals surface area contributed by atoms with Crippen molar-refractivity contribution in [2.45, 2.75) is 26.0 Å². The topological polar surface area (TPSA) is 26.7 Å². The summed E-state index contributed by atoms with van der Waals surface area (Å²) in [6.07, 6.45) is -0.434. The highest BCUT2D eigenvalue weighted by atomic mass is 79.9. The maximum absolute atomic E-state index is 9.94. The minimum absolute atomic E-state index is 0.434. The Morgan fingerprint density at radius 3 is 2.58 bits per heavy atom. The molecule has 3 atom stereocenters. The van der Waals surface area contributed by atoms with E-state index in [0.717, 1.165) is 28.8 Å². The van der Waals surface area contributed by atoms with Gasteiger partial charge in [0.1, 0.15) is 0 Å². The van der Waals surface area contributed by atoms with E-state index >= 15 is 0 Å². The Morgan fingerprint density at radius 2 is 2.05 bits per heavy atom. The summed E-state index contributed by atoms with van der Waals surface area (Å²) in [5.74, 6) is 0.635. The molecule has 0 spiro atoms. The second-order valence-electron chi connectivity index (χ2n) is 5.79. The molecule has 1 aliphatic rings. The van der Waals surface area contributed by atoms with Gasteiger partial charge in [0.15, 0.2) is 0 Å². The molecule has 3 nitrogen and oxygen atoms in total. The molecule has 1 aliphatic heterocycles. The molecular weight excluding hydrogens is 304 g/mol. The first-order valence-corrected chi connectivity index (χ1v) is 7.58. The van der Waals surface area contributed by atoms with Crippen LogP contribution in [0.15, 0.2) is 22.7 Å². The van der Waals surface area contributed by atoms with Crippen LogP contribution in [0.3, 0.4) is 0 Å². The van der Waals surface area contributed by atoms with Crippen molar-refractivity contribution >= 4 is 21.6 Å². The number of nitrogens with zero attached hydrogens (tertiary/aromatic N) is 2. The lowest BCUT2D eigenvalue weighted by molar-refractivity contribution is 0.199. The van der Waals surface area contributed by atoms with Crippen LogP contribution in [0.25, 0.3) is 0 Å². The molecule has 1 N–H and O–H groups in total. The second-order valence-corrected chi connectivity index (χ2v) is 6.71. The summed E-state index contributed by atoms with van der Waals surface area (Å²) in [4.78, 5) is 4.69. The van der Waals surface area contributed by atoms with Gasteiger partial charge in [-0.05, 0) is 39.1 Å². The first-order chi connectivity index (χ1) is 8.90. The van der Waals surface area contributed by atoms with Gasteiger partial charge in [-0.2, -0.15) is 0 Å². The zero-order chi connectivity index (χ0) is 14.2. The summed E-state index contributed by atoms with van der Waals surface area (Å²) in [6, 6.07) is 6.69. The van der Waals surface area contributed by atoms with Crippen molar-refractivity contribution < 1.29 is 5.11 Å². The van der Waals surface area contributed by atoms with Crippen molar-refractivity contribution in [2.75, 3.05) is 32.1 Å². The van der Waals surface area contributed by atoms with Gasteiger partial charge in [0.25, 0.3) is 0 Å². The summed E-state index contributed by atoms with van der Waals surface area (Å²) in [5.41, 5.74) is 2.16. The molecule has 1 saturated heterocycles. The number of halogens is 1. The Balaban J connectivity index is 2.30. The van der Waals surface area contributed by atoms with Crippen LogP contribution in [0.5, 0.6) is 0 Å². The summed E-state index contributed by atoms with van der Waals surface area (Å²) >= 11 is 3.53. The lowest BCUT2D eigenvalue weighted by atomic mass is 10.1. The first-order valence-electron chi connectivity index (χ1n) is 6.79. The Hall–Kier alpha value is -0.580. The Morgan fingerprint density at radius 1 is 1.37 bits per heavy atom. The van der Waals surface area contributed by atoms with Crippen molar-refractivity contribution in [1.82, 2.24) is 4.90 Å². The standard InChI is InChI=1S/C15H23BrN2O/c1-10-8-18(9-15(10)17(3)4)14-7-12(16)5-6-13(14)11(2)19/h5-7,10-11,15,19H,8-9H2,1-4H3. The van der Waals surface area contributed by atoms with E-state index in [4.69, 9.17) is 0 Å². The van der Waals surface area contributed by atoms with Crippen molar-refractivity contribution in [3.8, 4) is 0 Å². The second kappa shape index (κ2) is 5.81. The van der Waals surface area contributed by atoms with Gasteiger partial charge >= 0.3 is 0 Å². The van der Waals surface area contributed by atoms with Gasteiger partial charge in [-0.15, -0.1) is 0 Å². The fraction of sp³-hybridized carbons (Fsp3) is 0.600. The van der Waals surface area contributed by atoms with E-state index in [9.17, 15) is 5.11 Å². The Kier molecular flexibility index (Phi) is 4.54. The third-order valence-corrected chi connectivity index (χ3v) is 4.51. The fourth-order valence-electron chi connectivity index (χ4n) is 2.96. The number of aliphatic hydroxyl groups is 1. The highest BCUT2D eigenvalue weighted by Gasteiger charge is 2.32. The molecule has 2 rings (SSSR count). The number of hydrogen-bond donors (Lipinski definition) is 1. The van der Waals surface area contributed by atoms with Crippen molar-refractivity contribution in [2.24, 2.45) is 5.92 Å². The van der Waals surface area contributed by atoms with Crippen LogP contribution in [-0.4, -0.2) is 43.2 Å². The van der Waals surface area contributed by atoms with E-state index < -0.39 is 6.10 Å². The molecule has 0 bridgehead atoms. The van der Waals surface area contributed by atoms with Gasteiger partial charge in [0.05, 0.1) is 6.10 Å². The highest BCUT2D eigenvalue weighted by molar-refractivity contribution is 9.10. The zero-order valence-electron chi connectivity index (χ0n) is 12.1. The van der Waals surface area contributed by atoms with Gasteiger partial charge in [-0.3, -0.25) is 0 Å². The Labute approximate surface area is 124 Å². The maximum Gasteiger partial charge on any atom is 0.0782 e. The number of rotatable bonds is 3. The quantitative estimate of drug-likeness (QED) is 0.925. The average molecular weight is 327 g/mol. The molecule has 0 saturated carbocycles. The average Bonchev–Trinajstić information content (AvgIpc) is 2.70. The minimum Gasteiger partial charge on any atom is -0.389 e. The first kappa shape index (κ1) is 14.8. The van der Waals surface area contributed by atoms with Crippen LogP contribution in [0.1, 0.15) is 25.5 Å². The van der Waals surface area contributed by atoms with Gasteiger partial charge in [-0.1, -0.05) is 28.9 Å². The van der Waals surface area contributed by atoms with Gasteiger partial charge in [0, 0.05) is 34.9 Å². The molecule has 4 heteroatoms. The molecule has 0 radical (unpaired) electrons. The summed E-state index contributed by atoms with van der Waals surface area (Å²) < 4.78 is 1.06. The van der Waals surface area contributed by atoms with Crippen LogP contribution in [0, 0.1) is 5.92 Å². The van der Waals surface area contributed by atoms with Crippen LogP contribution >= 0.6 is 15.9 Å². The molecule has 0 aromatic heterocycles. The van der Waals surface area contributed by atoms with E-state index in [-0.39, 0.29) is 0 Å². The van der Waals surface area contributed by atoms with Crippen LogP contribution in [0.4, 0.5) is 5.69 Å². The third kappa shape index (κ3) is 3.12. The SMILES string of the molecule is CC(O)c1ccc(Br)cc1N1CC(C)C(N(C)C)C1. The van der Waals surface area contributed by atoms with Crippen LogP contribution in [-0.2, 0) is 0 Å². The molecule has 1 aromatic rings. The molecular formula is C15H23BrN2O. The maximum atomic E-state index is 9.94. The lowest BCUT2D eigenvalue weighted by Crippen LogP contribution is -2.34. The van der Waals surface area contributed by atoms with E-state index in [1.54, 1.807) is 0 Å².